The third-order valence-corrected chi connectivity index (χ3v) is 8.87. The SMILES string of the molecule is Clc1ccc(CC2c3cc(OCCNSCC4CC4)ccc3CCC2N2CCC2)cc1Cl. The standard InChI is InChI=1S/C26H32Cl2N2OS/c27-24-8-4-19(15-25(24)28)14-23-22-16-21(31-13-10-29-32-17-18-2-3-18)7-5-20(22)6-9-26(23)30-11-1-12-30/h4-5,7-8,15-16,18,23,26,29H,1-3,6,9-14,17H2. The molecule has 2 fully saturated rings. The number of hydrogen-bond acceptors (Lipinski definition) is 4. The summed E-state index contributed by atoms with van der Waals surface area (Å²) in [6.45, 7) is 4.01. The Bertz CT molecular complexity index is 932. The van der Waals surface area contributed by atoms with Crippen LogP contribution in [-0.4, -0.2) is 42.9 Å². The predicted molar refractivity (Wildman–Crippen MR) is 136 cm³/mol. The van der Waals surface area contributed by atoms with Crippen LogP contribution in [0.5, 0.6) is 5.75 Å². The minimum atomic E-state index is 0.451. The lowest BCUT2D eigenvalue weighted by atomic mass is 9.75. The van der Waals surface area contributed by atoms with Gasteiger partial charge in [0.05, 0.1) is 10.0 Å². The Hall–Kier alpha value is -0.910. The van der Waals surface area contributed by atoms with Crippen LogP contribution in [-0.2, 0) is 12.8 Å². The Labute approximate surface area is 206 Å². The van der Waals surface area contributed by atoms with E-state index in [-0.39, 0.29) is 0 Å². The predicted octanol–water partition coefficient (Wildman–Crippen LogP) is 6.37. The van der Waals surface area contributed by atoms with Crippen molar-refractivity contribution in [1.82, 2.24) is 9.62 Å². The fourth-order valence-electron chi connectivity index (χ4n) is 4.97. The summed E-state index contributed by atoms with van der Waals surface area (Å²) in [5, 5.41) is 1.27. The highest BCUT2D eigenvalue weighted by atomic mass is 35.5. The second kappa shape index (κ2) is 10.6. The van der Waals surface area contributed by atoms with Crippen LogP contribution in [0.1, 0.15) is 48.3 Å². The third kappa shape index (κ3) is 5.59. The zero-order chi connectivity index (χ0) is 21.9. The monoisotopic (exact) mass is 490 g/mol. The summed E-state index contributed by atoms with van der Waals surface area (Å²) in [4.78, 5) is 2.67. The maximum atomic E-state index is 6.34. The van der Waals surface area contributed by atoms with Crippen molar-refractivity contribution in [2.24, 2.45) is 5.92 Å². The number of benzene rings is 2. The molecule has 0 spiro atoms. The Morgan fingerprint density at radius 2 is 1.91 bits per heavy atom. The summed E-state index contributed by atoms with van der Waals surface area (Å²) >= 11 is 14.4. The van der Waals surface area contributed by atoms with E-state index in [4.69, 9.17) is 27.9 Å². The summed E-state index contributed by atoms with van der Waals surface area (Å²) in [6, 6.07) is 13.4. The molecular formula is C26H32Cl2N2OS. The van der Waals surface area contributed by atoms with E-state index in [9.17, 15) is 0 Å². The number of nitrogens with one attached hydrogen (secondary N) is 1. The smallest absolute Gasteiger partial charge is 0.119 e. The number of nitrogens with zero attached hydrogens (tertiary/aromatic N) is 1. The second-order valence-corrected chi connectivity index (χ2v) is 11.1. The minimum Gasteiger partial charge on any atom is -0.492 e. The molecule has 32 heavy (non-hydrogen) atoms. The van der Waals surface area contributed by atoms with Crippen molar-refractivity contribution in [2.75, 3.05) is 32.0 Å². The van der Waals surface area contributed by atoms with Crippen LogP contribution >= 0.6 is 35.1 Å². The third-order valence-electron chi connectivity index (χ3n) is 7.08. The average molecular weight is 492 g/mol. The molecule has 2 atom stereocenters. The second-order valence-electron chi connectivity index (χ2n) is 9.41. The molecular weight excluding hydrogens is 459 g/mol. The highest BCUT2D eigenvalue weighted by Gasteiger charge is 2.36. The van der Waals surface area contributed by atoms with Crippen LogP contribution in [0.15, 0.2) is 36.4 Å². The zero-order valence-corrected chi connectivity index (χ0v) is 20.8. The molecule has 0 amide bonds. The first kappa shape index (κ1) is 22.9. The lowest BCUT2D eigenvalue weighted by Gasteiger charge is -2.45. The van der Waals surface area contributed by atoms with Gasteiger partial charge in [0.1, 0.15) is 12.4 Å². The maximum Gasteiger partial charge on any atom is 0.119 e. The van der Waals surface area contributed by atoms with E-state index >= 15 is 0 Å². The summed E-state index contributed by atoms with van der Waals surface area (Å²) in [5.74, 6) is 3.61. The van der Waals surface area contributed by atoms with Gasteiger partial charge in [-0.3, -0.25) is 9.62 Å². The van der Waals surface area contributed by atoms with Gasteiger partial charge in [0, 0.05) is 24.3 Å². The lowest BCUT2D eigenvalue weighted by Crippen LogP contribution is -2.49. The van der Waals surface area contributed by atoms with Gasteiger partial charge in [0.2, 0.25) is 0 Å². The van der Waals surface area contributed by atoms with Gasteiger partial charge in [-0.2, -0.15) is 0 Å². The first-order valence-electron chi connectivity index (χ1n) is 12.0. The first-order valence-corrected chi connectivity index (χ1v) is 13.7. The van der Waals surface area contributed by atoms with Crippen molar-refractivity contribution >= 4 is 35.1 Å². The number of halogens is 2. The summed E-state index contributed by atoms with van der Waals surface area (Å²) in [7, 11) is 0. The molecule has 3 nitrogen and oxygen atoms in total. The molecule has 1 heterocycles. The molecule has 6 heteroatoms. The molecule has 1 saturated heterocycles. The number of hydrogen-bond donors (Lipinski definition) is 1. The zero-order valence-electron chi connectivity index (χ0n) is 18.5. The Kier molecular flexibility index (Phi) is 7.55. The van der Waals surface area contributed by atoms with Crippen molar-refractivity contribution in [2.45, 2.75) is 50.5 Å². The fourth-order valence-corrected chi connectivity index (χ4v) is 6.20. The molecule has 1 aliphatic heterocycles. The van der Waals surface area contributed by atoms with Crippen molar-refractivity contribution in [3.63, 3.8) is 0 Å². The topological polar surface area (TPSA) is 24.5 Å². The largest absolute Gasteiger partial charge is 0.492 e. The fraction of sp³-hybridized carbons (Fsp3) is 0.538. The van der Waals surface area contributed by atoms with E-state index < -0.39 is 0 Å². The highest BCUT2D eigenvalue weighted by molar-refractivity contribution is 7.97. The minimum absolute atomic E-state index is 0.451. The normalized spacial score (nSPS) is 22.9. The van der Waals surface area contributed by atoms with Crippen molar-refractivity contribution in [1.29, 1.82) is 0 Å². The molecule has 1 saturated carbocycles. The van der Waals surface area contributed by atoms with Crippen molar-refractivity contribution < 1.29 is 4.74 Å². The van der Waals surface area contributed by atoms with Crippen molar-refractivity contribution in [3.8, 4) is 5.75 Å². The summed E-state index contributed by atoms with van der Waals surface area (Å²) in [6.07, 6.45) is 7.48. The number of likely N-dealkylation sites (tertiary alicyclic amines) is 1. The van der Waals surface area contributed by atoms with Crippen LogP contribution in [0.3, 0.4) is 0 Å². The Balaban J connectivity index is 1.28. The molecule has 5 rings (SSSR count). The van der Waals surface area contributed by atoms with Gasteiger partial charge < -0.3 is 4.74 Å². The van der Waals surface area contributed by atoms with Crippen LogP contribution in [0.4, 0.5) is 0 Å². The molecule has 1 N–H and O–H groups in total. The van der Waals surface area contributed by atoms with Gasteiger partial charge in [-0.25, -0.2) is 0 Å². The van der Waals surface area contributed by atoms with Gasteiger partial charge in [-0.1, -0.05) is 47.3 Å². The van der Waals surface area contributed by atoms with Crippen LogP contribution in [0, 0.1) is 5.92 Å². The lowest BCUT2D eigenvalue weighted by molar-refractivity contribution is 0.0876. The molecule has 2 aromatic carbocycles. The summed E-state index contributed by atoms with van der Waals surface area (Å²) in [5.41, 5.74) is 4.18. The van der Waals surface area contributed by atoms with Crippen LogP contribution in [0.2, 0.25) is 10.0 Å². The van der Waals surface area contributed by atoms with Gasteiger partial charge in [-0.05, 0) is 98.5 Å². The molecule has 0 aromatic heterocycles. The molecule has 2 aliphatic carbocycles. The number of fused-ring (bicyclic) bond motifs is 1. The van der Waals surface area contributed by atoms with E-state index in [1.807, 2.05) is 24.1 Å². The van der Waals surface area contributed by atoms with E-state index in [0.29, 0.717) is 28.6 Å². The first-order chi connectivity index (χ1) is 15.7. The summed E-state index contributed by atoms with van der Waals surface area (Å²) < 4.78 is 9.58. The van der Waals surface area contributed by atoms with Gasteiger partial charge >= 0.3 is 0 Å². The molecule has 2 unspecified atom stereocenters. The van der Waals surface area contributed by atoms with Crippen molar-refractivity contribution in [3.05, 3.63) is 63.1 Å². The molecule has 3 aliphatic rings. The van der Waals surface area contributed by atoms with E-state index in [2.05, 4.69) is 33.9 Å². The van der Waals surface area contributed by atoms with Gasteiger partial charge in [0.25, 0.3) is 0 Å². The molecule has 0 bridgehead atoms. The average Bonchev–Trinajstić information content (AvgIpc) is 3.58. The maximum absolute atomic E-state index is 6.34. The Morgan fingerprint density at radius 1 is 1.03 bits per heavy atom. The number of aryl methyl sites for hydroxylation is 1. The van der Waals surface area contributed by atoms with Crippen LogP contribution < -0.4 is 9.46 Å². The van der Waals surface area contributed by atoms with Crippen LogP contribution in [0.25, 0.3) is 0 Å². The Morgan fingerprint density at radius 3 is 2.66 bits per heavy atom. The molecule has 0 radical (unpaired) electrons. The van der Waals surface area contributed by atoms with Gasteiger partial charge in [-0.15, -0.1) is 0 Å². The number of ether oxygens (including phenoxy) is 1. The molecule has 2 aromatic rings. The highest BCUT2D eigenvalue weighted by Crippen LogP contribution is 2.40. The molecule has 172 valence electrons. The van der Waals surface area contributed by atoms with E-state index in [1.165, 1.54) is 61.2 Å². The van der Waals surface area contributed by atoms with E-state index in [1.54, 1.807) is 0 Å². The number of rotatable bonds is 10. The quantitative estimate of drug-likeness (QED) is 0.309. The van der Waals surface area contributed by atoms with E-state index in [0.717, 1.165) is 31.1 Å². The van der Waals surface area contributed by atoms with Gasteiger partial charge in [0.15, 0.2) is 0 Å².